The fourth-order valence-corrected chi connectivity index (χ4v) is 4.54. The van der Waals surface area contributed by atoms with E-state index in [0.717, 1.165) is 18.4 Å². The van der Waals surface area contributed by atoms with Crippen LogP contribution in [0.1, 0.15) is 98.1 Å². The monoisotopic (exact) mass is 596 g/mol. The van der Waals surface area contributed by atoms with E-state index in [-0.39, 0.29) is 28.0 Å². The van der Waals surface area contributed by atoms with Crippen molar-refractivity contribution < 1.29 is 29.3 Å². The fourth-order valence-electron chi connectivity index (χ4n) is 4.54. The zero-order valence-electron chi connectivity index (χ0n) is 26.2. The topological polar surface area (TPSA) is 93.1 Å². The lowest BCUT2D eigenvalue weighted by Crippen LogP contribution is -2.11. The molecule has 0 saturated carbocycles. The number of hydrogen-bond acceptors (Lipinski definition) is 6. The Morgan fingerprint density at radius 3 is 1.68 bits per heavy atom. The maximum atomic E-state index is 12.3. The van der Waals surface area contributed by atoms with Gasteiger partial charge in [-0.2, -0.15) is 0 Å². The Labute approximate surface area is 261 Å². The van der Waals surface area contributed by atoms with E-state index in [9.17, 15) is 19.8 Å². The van der Waals surface area contributed by atoms with Crippen molar-refractivity contribution >= 4 is 11.9 Å². The molecule has 0 aliphatic carbocycles. The average molecular weight is 597 g/mol. The number of ether oxygens (including phenoxy) is 2. The summed E-state index contributed by atoms with van der Waals surface area (Å²) in [4.78, 5) is 24.2. The van der Waals surface area contributed by atoms with Crippen LogP contribution in [-0.4, -0.2) is 22.2 Å². The normalized spacial score (nSPS) is 10.8. The maximum Gasteiger partial charge on any atom is 0.347 e. The Balaban J connectivity index is 0.000000244. The van der Waals surface area contributed by atoms with Crippen LogP contribution in [0.4, 0.5) is 0 Å². The predicted octanol–water partition coefficient (Wildman–Crippen LogP) is 9.42. The van der Waals surface area contributed by atoms with Gasteiger partial charge in [-0.05, 0) is 71.8 Å². The number of phenolic OH excluding ortho intramolecular Hbond substituents is 2. The van der Waals surface area contributed by atoms with E-state index in [0.29, 0.717) is 11.5 Å². The number of phenols is 2. The lowest BCUT2D eigenvalue weighted by atomic mass is 9.87. The summed E-state index contributed by atoms with van der Waals surface area (Å²) in [6.07, 6.45) is 8.29. The van der Waals surface area contributed by atoms with Crippen molar-refractivity contribution in [3.63, 3.8) is 0 Å². The zero-order chi connectivity index (χ0) is 32.0. The van der Waals surface area contributed by atoms with Gasteiger partial charge in [0.05, 0.1) is 0 Å². The smallest absolute Gasteiger partial charge is 0.347 e. The predicted molar refractivity (Wildman–Crippen MR) is 175 cm³/mol. The van der Waals surface area contributed by atoms with E-state index in [1.807, 2.05) is 36.4 Å². The quantitative estimate of drug-likeness (QED) is 0.102. The third kappa shape index (κ3) is 10.6. The van der Waals surface area contributed by atoms with Crippen molar-refractivity contribution in [3.8, 4) is 23.0 Å². The highest BCUT2D eigenvalue weighted by Crippen LogP contribution is 2.26. The molecule has 4 aromatic rings. The average Bonchev–Trinajstić information content (AvgIpc) is 3.00. The minimum atomic E-state index is -0.563. The number of esters is 2. The second kappa shape index (κ2) is 16.9. The molecule has 0 radical (unpaired) electrons. The Hall–Kier alpha value is -4.58. The van der Waals surface area contributed by atoms with E-state index in [4.69, 9.17) is 9.47 Å². The molecule has 0 aliphatic rings. The van der Waals surface area contributed by atoms with Gasteiger partial charge in [-0.3, -0.25) is 0 Å². The molecule has 0 atom stereocenters. The van der Waals surface area contributed by atoms with Crippen molar-refractivity contribution in [2.75, 3.05) is 0 Å². The summed E-state index contributed by atoms with van der Waals surface area (Å²) in [6, 6.07) is 27.8. The third-order valence-corrected chi connectivity index (χ3v) is 7.15. The molecule has 6 heteroatoms. The number of hydrogen-bond donors (Lipinski definition) is 2. The van der Waals surface area contributed by atoms with Gasteiger partial charge in [0.25, 0.3) is 0 Å². The van der Waals surface area contributed by atoms with Gasteiger partial charge in [-0.1, -0.05) is 114 Å². The number of carbonyl (C=O) groups is 2. The molecule has 0 aliphatic heterocycles. The highest BCUT2D eigenvalue weighted by molar-refractivity contribution is 5.94. The second-order valence-corrected chi connectivity index (χ2v) is 11.7. The number of unbranched alkanes of at least 4 members (excludes halogenated alkanes) is 5. The van der Waals surface area contributed by atoms with Gasteiger partial charge in [0.2, 0.25) is 0 Å². The summed E-state index contributed by atoms with van der Waals surface area (Å²) < 4.78 is 10.8. The van der Waals surface area contributed by atoms with Crippen LogP contribution >= 0.6 is 0 Å². The molecule has 0 saturated heterocycles. The highest BCUT2D eigenvalue weighted by Gasteiger charge is 2.16. The van der Waals surface area contributed by atoms with Crippen LogP contribution in [0.15, 0.2) is 97.1 Å². The lowest BCUT2D eigenvalue weighted by Gasteiger charge is -2.19. The van der Waals surface area contributed by atoms with Crippen molar-refractivity contribution in [3.05, 3.63) is 119 Å². The molecule has 0 fully saturated rings. The summed E-state index contributed by atoms with van der Waals surface area (Å²) in [7, 11) is 0. The highest BCUT2D eigenvalue weighted by atomic mass is 16.5. The minimum Gasteiger partial charge on any atom is -0.507 e. The molecule has 0 spiro atoms. The third-order valence-electron chi connectivity index (χ3n) is 7.15. The number of rotatable bonds is 11. The van der Waals surface area contributed by atoms with E-state index in [1.54, 1.807) is 42.5 Å². The van der Waals surface area contributed by atoms with Gasteiger partial charge in [-0.15, -0.1) is 0 Å². The van der Waals surface area contributed by atoms with Crippen molar-refractivity contribution in [1.29, 1.82) is 0 Å². The van der Waals surface area contributed by atoms with E-state index < -0.39 is 11.9 Å². The molecule has 0 bridgehead atoms. The molecule has 0 amide bonds. The molecule has 2 N–H and O–H groups in total. The lowest BCUT2D eigenvalue weighted by molar-refractivity contribution is 0.0720. The first kappa shape index (κ1) is 33.9. The molecule has 4 aromatic carbocycles. The van der Waals surface area contributed by atoms with Gasteiger partial charge < -0.3 is 19.7 Å². The summed E-state index contributed by atoms with van der Waals surface area (Å²) >= 11 is 0. The van der Waals surface area contributed by atoms with Gasteiger partial charge in [0, 0.05) is 0 Å². The molecule has 6 nitrogen and oxygen atoms in total. The van der Waals surface area contributed by atoms with Crippen molar-refractivity contribution in [2.45, 2.75) is 78.1 Å². The summed E-state index contributed by atoms with van der Waals surface area (Å²) in [6.45, 7) is 8.58. The standard InChI is InChI=1S/C21H26O3.C17H18O3/c1-2-3-4-5-6-7-12-17-13-8-11-16-20(17)24-21(23)18-14-9-10-15-19(18)22;1-17(2,3)12-8-10-13(11-9-12)20-16(19)14-6-4-5-7-15(14)18/h8-11,13-16,22H,2-7,12H2,1H3;4-11,18H,1-3H3. The van der Waals surface area contributed by atoms with Gasteiger partial charge in [0.15, 0.2) is 0 Å². The fraction of sp³-hybridized carbons (Fsp3) is 0.316. The molecule has 0 unspecified atom stereocenters. The van der Waals surface area contributed by atoms with Crippen LogP contribution in [-0.2, 0) is 11.8 Å². The number of benzene rings is 4. The zero-order valence-corrected chi connectivity index (χ0v) is 26.2. The number of carbonyl (C=O) groups excluding carboxylic acids is 2. The molecule has 0 heterocycles. The second-order valence-electron chi connectivity index (χ2n) is 11.7. The first-order valence-corrected chi connectivity index (χ1v) is 15.3. The van der Waals surface area contributed by atoms with Crippen molar-refractivity contribution in [2.24, 2.45) is 0 Å². The first-order valence-electron chi connectivity index (χ1n) is 15.3. The Morgan fingerprint density at radius 2 is 1.11 bits per heavy atom. The summed E-state index contributed by atoms with van der Waals surface area (Å²) in [5, 5.41) is 19.4. The number of para-hydroxylation sites is 3. The molecule has 0 aromatic heterocycles. The molecular weight excluding hydrogens is 552 g/mol. The Morgan fingerprint density at radius 1 is 0.614 bits per heavy atom. The minimum absolute atomic E-state index is 0.0558. The maximum absolute atomic E-state index is 12.3. The first-order chi connectivity index (χ1) is 21.1. The molecule has 4 rings (SSSR count). The van der Waals surface area contributed by atoms with Crippen LogP contribution in [0.3, 0.4) is 0 Å². The van der Waals surface area contributed by atoms with E-state index in [2.05, 4.69) is 27.7 Å². The number of aromatic hydroxyl groups is 2. The van der Waals surface area contributed by atoms with Gasteiger partial charge in [0.1, 0.15) is 34.1 Å². The van der Waals surface area contributed by atoms with Gasteiger partial charge >= 0.3 is 11.9 Å². The van der Waals surface area contributed by atoms with Crippen molar-refractivity contribution in [1.82, 2.24) is 0 Å². The van der Waals surface area contributed by atoms with Crippen LogP contribution in [0, 0.1) is 0 Å². The van der Waals surface area contributed by atoms with Gasteiger partial charge in [-0.25, -0.2) is 9.59 Å². The van der Waals surface area contributed by atoms with Crippen LogP contribution < -0.4 is 9.47 Å². The molecule has 44 heavy (non-hydrogen) atoms. The SMILES string of the molecule is CC(C)(C)c1ccc(OC(=O)c2ccccc2O)cc1.CCCCCCCCc1ccccc1OC(=O)c1ccccc1O. The van der Waals surface area contributed by atoms with E-state index in [1.165, 1.54) is 55.9 Å². The van der Waals surface area contributed by atoms with Crippen LogP contribution in [0.5, 0.6) is 23.0 Å². The van der Waals surface area contributed by atoms with Crippen LogP contribution in [0.25, 0.3) is 0 Å². The molecule has 232 valence electrons. The van der Waals surface area contributed by atoms with E-state index >= 15 is 0 Å². The Kier molecular flexibility index (Phi) is 13.0. The molecular formula is C38H44O6. The number of aryl methyl sites for hydroxylation is 1. The van der Waals surface area contributed by atoms with Crippen LogP contribution in [0.2, 0.25) is 0 Å². The Bertz CT molecular complexity index is 1480. The summed E-state index contributed by atoms with van der Waals surface area (Å²) in [5.41, 5.74) is 2.61. The largest absolute Gasteiger partial charge is 0.507 e. The summed E-state index contributed by atoms with van der Waals surface area (Å²) in [5.74, 6) is -0.180.